The standard InChI is InChI=1S/C19H23N3O2S/c1-15(23)20-18-4-2-16(3-5-18)12-19(24)22-9-7-21(8-10-22)13-17-6-11-25-14-17/h2-6,11,14H,7-10,12-13H2,1H3,(H,20,23)/p+1. The summed E-state index contributed by atoms with van der Waals surface area (Å²) in [5.41, 5.74) is 3.13. The van der Waals surface area contributed by atoms with E-state index in [4.69, 9.17) is 0 Å². The van der Waals surface area contributed by atoms with E-state index in [1.165, 1.54) is 12.5 Å². The van der Waals surface area contributed by atoms with Crippen LogP contribution in [0, 0.1) is 0 Å². The molecule has 3 rings (SSSR count). The minimum atomic E-state index is -0.0911. The number of thiophene rings is 1. The molecule has 0 saturated carbocycles. The van der Waals surface area contributed by atoms with E-state index in [-0.39, 0.29) is 11.8 Å². The first-order valence-corrected chi connectivity index (χ1v) is 9.53. The second kappa shape index (κ2) is 8.27. The van der Waals surface area contributed by atoms with Gasteiger partial charge in [-0.05, 0) is 34.5 Å². The Bertz CT molecular complexity index is 705. The number of nitrogens with zero attached hydrogens (tertiary/aromatic N) is 1. The number of carbonyl (C=O) groups excluding carboxylic acids is 2. The molecular formula is C19H24N3O2S+. The Kier molecular flexibility index (Phi) is 5.83. The normalized spacial score (nSPS) is 15.2. The van der Waals surface area contributed by atoms with E-state index >= 15 is 0 Å². The van der Waals surface area contributed by atoms with E-state index in [1.807, 2.05) is 29.2 Å². The number of rotatable bonds is 5. The van der Waals surface area contributed by atoms with Crippen molar-refractivity contribution in [1.29, 1.82) is 0 Å². The monoisotopic (exact) mass is 358 g/mol. The van der Waals surface area contributed by atoms with Gasteiger partial charge in [-0.2, -0.15) is 11.3 Å². The van der Waals surface area contributed by atoms with Gasteiger partial charge in [-0.25, -0.2) is 0 Å². The minimum Gasteiger partial charge on any atom is -0.331 e. The van der Waals surface area contributed by atoms with E-state index in [0.717, 1.165) is 44.0 Å². The Morgan fingerprint density at radius 3 is 2.44 bits per heavy atom. The van der Waals surface area contributed by atoms with E-state index in [9.17, 15) is 9.59 Å². The van der Waals surface area contributed by atoms with Crippen molar-refractivity contribution in [3.63, 3.8) is 0 Å². The Balaban J connectivity index is 1.46. The SMILES string of the molecule is CC(=O)Nc1ccc(CC(=O)N2CC[NH+](Cc3ccsc3)CC2)cc1. The average molecular weight is 358 g/mol. The van der Waals surface area contributed by atoms with Crippen LogP contribution in [0.4, 0.5) is 5.69 Å². The summed E-state index contributed by atoms with van der Waals surface area (Å²) in [5.74, 6) is 0.0912. The van der Waals surface area contributed by atoms with Crippen molar-refractivity contribution < 1.29 is 14.5 Å². The molecule has 1 aromatic heterocycles. The van der Waals surface area contributed by atoms with Crippen LogP contribution in [0.2, 0.25) is 0 Å². The first-order valence-electron chi connectivity index (χ1n) is 8.59. The van der Waals surface area contributed by atoms with Gasteiger partial charge in [0.05, 0.1) is 32.6 Å². The van der Waals surface area contributed by atoms with Crippen molar-refractivity contribution in [1.82, 2.24) is 4.90 Å². The lowest BCUT2D eigenvalue weighted by molar-refractivity contribution is -0.917. The number of benzene rings is 1. The largest absolute Gasteiger partial charge is 0.331 e. The third kappa shape index (κ3) is 5.14. The fourth-order valence-electron chi connectivity index (χ4n) is 3.13. The van der Waals surface area contributed by atoms with E-state index in [1.54, 1.807) is 16.2 Å². The van der Waals surface area contributed by atoms with Crippen LogP contribution < -0.4 is 10.2 Å². The van der Waals surface area contributed by atoms with Crippen LogP contribution >= 0.6 is 11.3 Å². The molecule has 5 nitrogen and oxygen atoms in total. The van der Waals surface area contributed by atoms with Crippen LogP contribution in [-0.4, -0.2) is 42.9 Å². The average Bonchev–Trinajstić information content (AvgIpc) is 3.10. The molecule has 2 aromatic rings. The zero-order valence-corrected chi connectivity index (χ0v) is 15.3. The molecule has 0 atom stereocenters. The highest BCUT2D eigenvalue weighted by molar-refractivity contribution is 7.07. The van der Waals surface area contributed by atoms with Gasteiger partial charge in [0.25, 0.3) is 0 Å². The number of hydrogen-bond acceptors (Lipinski definition) is 3. The summed E-state index contributed by atoms with van der Waals surface area (Å²) in [4.78, 5) is 27.1. The molecule has 1 aliphatic heterocycles. The van der Waals surface area contributed by atoms with Crippen molar-refractivity contribution in [2.24, 2.45) is 0 Å². The maximum Gasteiger partial charge on any atom is 0.227 e. The summed E-state index contributed by atoms with van der Waals surface area (Å²) in [6.07, 6.45) is 0.417. The first-order chi connectivity index (χ1) is 12.1. The van der Waals surface area contributed by atoms with Crippen LogP contribution in [0.1, 0.15) is 18.1 Å². The molecule has 2 N–H and O–H groups in total. The molecule has 132 valence electrons. The first kappa shape index (κ1) is 17.6. The highest BCUT2D eigenvalue weighted by atomic mass is 32.1. The number of hydrogen-bond donors (Lipinski definition) is 2. The Morgan fingerprint density at radius 2 is 1.84 bits per heavy atom. The summed E-state index contributed by atoms with van der Waals surface area (Å²) in [5, 5.41) is 7.06. The van der Waals surface area contributed by atoms with Gasteiger partial charge in [-0.3, -0.25) is 9.59 Å². The lowest BCUT2D eigenvalue weighted by Gasteiger charge is -2.32. The topological polar surface area (TPSA) is 53.9 Å². The minimum absolute atomic E-state index is 0.0911. The van der Waals surface area contributed by atoms with Gasteiger partial charge in [-0.1, -0.05) is 12.1 Å². The lowest BCUT2D eigenvalue weighted by Crippen LogP contribution is -3.13. The van der Waals surface area contributed by atoms with Crippen LogP contribution in [0.3, 0.4) is 0 Å². The van der Waals surface area contributed by atoms with Gasteiger partial charge in [0.1, 0.15) is 6.54 Å². The number of amides is 2. The second-order valence-electron chi connectivity index (χ2n) is 6.49. The molecule has 2 heterocycles. The molecule has 0 aliphatic carbocycles. The molecule has 1 fully saturated rings. The quantitative estimate of drug-likeness (QED) is 0.843. The smallest absolute Gasteiger partial charge is 0.227 e. The summed E-state index contributed by atoms with van der Waals surface area (Å²) in [6, 6.07) is 9.67. The molecule has 1 saturated heterocycles. The van der Waals surface area contributed by atoms with E-state index < -0.39 is 0 Å². The molecule has 0 unspecified atom stereocenters. The highest BCUT2D eigenvalue weighted by Crippen LogP contribution is 2.11. The molecule has 1 aromatic carbocycles. The van der Waals surface area contributed by atoms with E-state index in [0.29, 0.717) is 6.42 Å². The van der Waals surface area contributed by atoms with Gasteiger partial charge >= 0.3 is 0 Å². The third-order valence-corrected chi connectivity index (χ3v) is 5.22. The van der Waals surface area contributed by atoms with Crippen molar-refractivity contribution in [2.75, 3.05) is 31.5 Å². The zero-order valence-electron chi connectivity index (χ0n) is 14.5. The molecule has 25 heavy (non-hydrogen) atoms. The fraction of sp³-hybridized carbons (Fsp3) is 0.368. The maximum absolute atomic E-state index is 12.5. The predicted molar refractivity (Wildman–Crippen MR) is 99.7 cm³/mol. The Labute approximate surface area is 152 Å². The second-order valence-corrected chi connectivity index (χ2v) is 7.27. The van der Waals surface area contributed by atoms with Crippen LogP contribution in [-0.2, 0) is 22.6 Å². The molecular weight excluding hydrogens is 334 g/mol. The molecule has 0 bridgehead atoms. The molecule has 0 radical (unpaired) electrons. The maximum atomic E-state index is 12.5. The number of piperazine rings is 1. The fourth-order valence-corrected chi connectivity index (χ4v) is 3.80. The number of carbonyl (C=O) groups is 2. The summed E-state index contributed by atoms with van der Waals surface area (Å²) in [7, 11) is 0. The van der Waals surface area contributed by atoms with Gasteiger partial charge in [-0.15, -0.1) is 0 Å². The molecule has 0 spiro atoms. The van der Waals surface area contributed by atoms with Crippen molar-refractivity contribution in [2.45, 2.75) is 19.9 Å². The highest BCUT2D eigenvalue weighted by Gasteiger charge is 2.23. The van der Waals surface area contributed by atoms with Crippen LogP contribution in [0.15, 0.2) is 41.1 Å². The zero-order chi connectivity index (χ0) is 17.6. The van der Waals surface area contributed by atoms with Crippen LogP contribution in [0.5, 0.6) is 0 Å². The summed E-state index contributed by atoms with van der Waals surface area (Å²) >= 11 is 1.74. The molecule has 6 heteroatoms. The number of quaternary nitrogens is 1. The van der Waals surface area contributed by atoms with Gasteiger partial charge in [0.15, 0.2) is 0 Å². The summed E-state index contributed by atoms with van der Waals surface area (Å²) in [6.45, 7) is 6.18. The van der Waals surface area contributed by atoms with Gasteiger partial charge < -0.3 is 15.1 Å². The van der Waals surface area contributed by atoms with Gasteiger partial charge in [0, 0.05) is 18.2 Å². The van der Waals surface area contributed by atoms with Gasteiger partial charge in [0.2, 0.25) is 11.8 Å². The van der Waals surface area contributed by atoms with Crippen molar-refractivity contribution in [3.05, 3.63) is 52.2 Å². The third-order valence-electron chi connectivity index (χ3n) is 4.49. The Morgan fingerprint density at radius 1 is 1.12 bits per heavy atom. The van der Waals surface area contributed by atoms with Crippen LogP contribution in [0.25, 0.3) is 0 Å². The molecule has 1 aliphatic rings. The Hall–Kier alpha value is -2.18. The van der Waals surface area contributed by atoms with Crippen molar-refractivity contribution >= 4 is 28.8 Å². The predicted octanol–water partition coefficient (Wildman–Crippen LogP) is 1.18. The lowest BCUT2D eigenvalue weighted by atomic mass is 10.1. The number of nitrogens with one attached hydrogen (secondary N) is 2. The number of anilines is 1. The molecule has 2 amide bonds. The summed E-state index contributed by atoms with van der Waals surface area (Å²) < 4.78 is 0. The van der Waals surface area contributed by atoms with Crippen molar-refractivity contribution in [3.8, 4) is 0 Å². The van der Waals surface area contributed by atoms with E-state index in [2.05, 4.69) is 22.1 Å².